The molecular weight excluding hydrogens is 380 g/mol. The third kappa shape index (κ3) is 5.11. The Balaban J connectivity index is 1.83. The van der Waals surface area contributed by atoms with Gasteiger partial charge in [0.25, 0.3) is 0 Å². The molecule has 0 fully saturated rings. The summed E-state index contributed by atoms with van der Waals surface area (Å²) in [6.45, 7) is 19.2. The van der Waals surface area contributed by atoms with Gasteiger partial charge < -0.3 is 9.47 Å². The maximum Gasteiger partial charge on any atom is 0.197 e. The largest absolute Gasteiger partial charge is 0.465 e. The molecule has 0 aromatic heterocycles. The molecule has 3 rings (SSSR count). The van der Waals surface area contributed by atoms with E-state index in [1.54, 1.807) is 0 Å². The van der Waals surface area contributed by atoms with Crippen molar-refractivity contribution in [3.05, 3.63) is 41.5 Å². The van der Waals surface area contributed by atoms with Gasteiger partial charge in [-0.25, -0.2) is 0 Å². The quantitative estimate of drug-likeness (QED) is 0.355. The number of ether oxygens (including phenoxy) is 2. The van der Waals surface area contributed by atoms with E-state index in [0.29, 0.717) is 17.8 Å². The topological polar surface area (TPSA) is 18.5 Å². The van der Waals surface area contributed by atoms with Gasteiger partial charge in [-0.1, -0.05) is 92.0 Å². The van der Waals surface area contributed by atoms with Crippen LogP contribution in [0.15, 0.2) is 30.3 Å². The van der Waals surface area contributed by atoms with Crippen LogP contribution >= 0.6 is 0 Å². The van der Waals surface area contributed by atoms with E-state index in [2.05, 4.69) is 78.8 Å². The number of rotatable bonds is 10. The monoisotopic (exact) mass is 424 g/mol. The lowest BCUT2D eigenvalue weighted by atomic mass is 9.68. The lowest BCUT2D eigenvalue weighted by molar-refractivity contribution is -0.0698. The normalized spacial score (nSPS) is 20.4. The van der Waals surface area contributed by atoms with Crippen molar-refractivity contribution in [2.75, 3.05) is 6.61 Å². The molecular formula is C29H44O2. The van der Waals surface area contributed by atoms with E-state index in [4.69, 9.17) is 9.47 Å². The summed E-state index contributed by atoms with van der Waals surface area (Å²) in [7, 11) is 0. The van der Waals surface area contributed by atoms with E-state index in [-0.39, 0.29) is 11.7 Å². The van der Waals surface area contributed by atoms with Gasteiger partial charge in [0.15, 0.2) is 6.29 Å². The first-order valence-electron chi connectivity index (χ1n) is 12.5. The summed E-state index contributed by atoms with van der Waals surface area (Å²) in [4.78, 5) is 0. The molecule has 0 saturated carbocycles. The Morgan fingerprint density at radius 3 is 2.29 bits per heavy atom. The third-order valence-electron chi connectivity index (χ3n) is 7.22. The molecule has 0 amide bonds. The van der Waals surface area contributed by atoms with Gasteiger partial charge in [0, 0.05) is 5.39 Å². The molecule has 0 spiro atoms. The SMILES string of the molecule is CCCC(CC)CCOC(C)Oc1ccc2c3c(cccc13)C(C(C)C)C2C(C)(C)C. The third-order valence-corrected chi connectivity index (χ3v) is 7.22. The highest BCUT2D eigenvalue weighted by atomic mass is 16.7. The van der Waals surface area contributed by atoms with Crippen molar-refractivity contribution in [1.29, 1.82) is 0 Å². The zero-order valence-corrected chi connectivity index (χ0v) is 21.1. The molecule has 172 valence electrons. The van der Waals surface area contributed by atoms with Gasteiger partial charge in [-0.15, -0.1) is 0 Å². The molecule has 1 aliphatic rings. The van der Waals surface area contributed by atoms with Crippen molar-refractivity contribution in [3.63, 3.8) is 0 Å². The van der Waals surface area contributed by atoms with Crippen molar-refractivity contribution < 1.29 is 9.47 Å². The smallest absolute Gasteiger partial charge is 0.197 e. The summed E-state index contributed by atoms with van der Waals surface area (Å²) in [5.41, 5.74) is 3.20. The van der Waals surface area contributed by atoms with Crippen molar-refractivity contribution >= 4 is 10.8 Å². The Morgan fingerprint density at radius 1 is 0.935 bits per heavy atom. The van der Waals surface area contributed by atoms with Crippen LogP contribution < -0.4 is 4.74 Å². The molecule has 2 aromatic carbocycles. The van der Waals surface area contributed by atoms with E-state index in [1.165, 1.54) is 41.2 Å². The van der Waals surface area contributed by atoms with Gasteiger partial charge in [-0.05, 0) is 65.0 Å². The molecule has 0 heterocycles. The Hall–Kier alpha value is -1.54. The van der Waals surface area contributed by atoms with Crippen molar-refractivity contribution in [2.24, 2.45) is 17.3 Å². The molecule has 2 aromatic rings. The fraction of sp³-hybridized carbons (Fsp3) is 0.655. The maximum atomic E-state index is 6.34. The molecule has 0 radical (unpaired) electrons. The van der Waals surface area contributed by atoms with E-state index in [0.717, 1.165) is 24.7 Å². The second-order valence-electron chi connectivity index (χ2n) is 10.9. The Morgan fingerprint density at radius 2 is 1.68 bits per heavy atom. The van der Waals surface area contributed by atoms with Gasteiger partial charge in [0.05, 0.1) is 6.61 Å². The minimum absolute atomic E-state index is 0.216. The molecule has 4 unspecified atom stereocenters. The first kappa shape index (κ1) is 24.1. The molecule has 0 bridgehead atoms. The average molecular weight is 425 g/mol. The van der Waals surface area contributed by atoms with Gasteiger partial charge >= 0.3 is 0 Å². The molecule has 31 heavy (non-hydrogen) atoms. The van der Waals surface area contributed by atoms with Crippen molar-refractivity contribution in [3.8, 4) is 5.75 Å². The first-order chi connectivity index (χ1) is 14.7. The van der Waals surface area contributed by atoms with Crippen LogP contribution in [0.5, 0.6) is 5.75 Å². The van der Waals surface area contributed by atoms with Crippen LogP contribution in [0.3, 0.4) is 0 Å². The van der Waals surface area contributed by atoms with Gasteiger partial charge in [0.2, 0.25) is 0 Å². The van der Waals surface area contributed by atoms with Crippen LogP contribution in [-0.4, -0.2) is 12.9 Å². The van der Waals surface area contributed by atoms with E-state index >= 15 is 0 Å². The summed E-state index contributed by atoms with van der Waals surface area (Å²) in [6.07, 6.45) is 4.64. The number of benzene rings is 2. The highest BCUT2D eigenvalue weighted by Gasteiger charge is 2.42. The Bertz CT molecular complexity index is 861. The molecule has 0 N–H and O–H groups in total. The van der Waals surface area contributed by atoms with Gasteiger partial charge in [0.1, 0.15) is 5.75 Å². The minimum Gasteiger partial charge on any atom is -0.465 e. The average Bonchev–Trinajstić information content (AvgIpc) is 3.06. The van der Waals surface area contributed by atoms with Crippen LogP contribution in [0.2, 0.25) is 0 Å². The fourth-order valence-corrected chi connectivity index (χ4v) is 5.77. The zero-order chi connectivity index (χ0) is 22.8. The zero-order valence-electron chi connectivity index (χ0n) is 21.1. The molecule has 0 saturated heterocycles. The summed E-state index contributed by atoms with van der Waals surface area (Å²) in [5.74, 6) is 3.39. The molecule has 4 atom stereocenters. The number of hydrogen-bond donors (Lipinski definition) is 0. The number of hydrogen-bond acceptors (Lipinski definition) is 2. The Kier molecular flexibility index (Phi) is 7.73. The van der Waals surface area contributed by atoms with Crippen LogP contribution in [0, 0.1) is 17.3 Å². The van der Waals surface area contributed by atoms with Crippen molar-refractivity contribution in [2.45, 2.75) is 99.2 Å². The van der Waals surface area contributed by atoms with E-state index < -0.39 is 0 Å². The fourth-order valence-electron chi connectivity index (χ4n) is 5.77. The summed E-state index contributed by atoms with van der Waals surface area (Å²) >= 11 is 0. The Labute approximate surface area is 190 Å². The lowest BCUT2D eigenvalue weighted by Gasteiger charge is -2.36. The van der Waals surface area contributed by atoms with Crippen LogP contribution in [0.1, 0.15) is 104 Å². The predicted octanol–water partition coefficient (Wildman–Crippen LogP) is 8.68. The molecule has 1 aliphatic carbocycles. The van der Waals surface area contributed by atoms with Gasteiger partial charge in [-0.2, -0.15) is 0 Å². The van der Waals surface area contributed by atoms with E-state index in [9.17, 15) is 0 Å². The standard InChI is InChI=1S/C29H44O2/c1-9-12-21(10-2)17-18-30-20(5)31-25-16-15-24-27-22(25)13-11-14-23(27)26(19(3)4)28(24)29(6,7)8/h11,13-16,19-21,26,28H,9-10,12,17-18H2,1-8H3. The highest BCUT2D eigenvalue weighted by molar-refractivity contribution is 5.96. The summed E-state index contributed by atoms with van der Waals surface area (Å²) < 4.78 is 12.4. The molecule has 2 heteroatoms. The van der Waals surface area contributed by atoms with Crippen LogP contribution in [0.4, 0.5) is 0 Å². The van der Waals surface area contributed by atoms with Crippen molar-refractivity contribution in [1.82, 2.24) is 0 Å². The van der Waals surface area contributed by atoms with Crippen LogP contribution in [0.25, 0.3) is 10.8 Å². The van der Waals surface area contributed by atoms with Gasteiger partial charge in [-0.3, -0.25) is 0 Å². The lowest BCUT2D eigenvalue weighted by Crippen LogP contribution is -2.24. The predicted molar refractivity (Wildman–Crippen MR) is 133 cm³/mol. The second-order valence-corrected chi connectivity index (χ2v) is 10.9. The van der Waals surface area contributed by atoms with Crippen LogP contribution in [-0.2, 0) is 4.74 Å². The molecule has 0 aliphatic heterocycles. The highest BCUT2D eigenvalue weighted by Crippen LogP contribution is 2.57. The second kappa shape index (κ2) is 9.94. The maximum absolute atomic E-state index is 6.34. The minimum atomic E-state index is -0.239. The summed E-state index contributed by atoms with van der Waals surface area (Å²) in [6, 6.07) is 11.3. The first-order valence-corrected chi connectivity index (χ1v) is 12.5. The van der Waals surface area contributed by atoms with E-state index in [1.807, 2.05) is 6.92 Å². The summed E-state index contributed by atoms with van der Waals surface area (Å²) in [5, 5.41) is 2.65. The molecule has 2 nitrogen and oxygen atoms in total.